The molecule has 1 amide bonds. The van der Waals surface area contributed by atoms with Crippen LogP contribution in [0.15, 0.2) is 24.3 Å². The molecule has 0 aliphatic carbocycles. The van der Waals surface area contributed by atoms with Gasteiger partial charge in [0.05, 0.1) is 0 Å². The first-order valence-electron chi connectivity index (χ1n) is 4.74. The fourth-order valence-corrected chi connectivity index (χ4v) is 1.85. The number of amides is 1. The predicted octanol–water partition coefficient (Wildman–Crippen LogP) is 1.86. The zero-order valence-corrected chi connectivity index (χ0v) is 8.75. The Morgan fingerprint density at radius 1 is 1.27 bits per heavy atom. The van der Waals surface area contributed by atoms with Crippen LogP contribution in [0.1, 0.15) is 24.4 Å². The normalized spacial score (nSPS) is 21.3. The van der Waals surface area contributed by atoms with Crippen molar-refractivity contribution >= 4 is 23.3 Å². The van der Waals surface area contributed by atoms with Crippen LogP contribution in [0, 0.1) is 0 Å². The number of carbonyl (C=O) groups is 2. The smallest absolute Gasteiger partial charge is 0.221 e. The van der Waals surface area contributed by atoms with E-state index in [4.69, 9.17) is 11.6 Å². The third-order valence-corrected chi connectivity index (χ3v) is 2.64. The van der Waals surface area contributed by atoms with E-state index in [2.05, 4.69) is 5.32 Å². The molecule has 1 aliphatic rings. The van der Waals surface area contributed by atoms with E-state index >= 15 is 0 Å². The first kappa shape index (κ1) is 10.2. The Hall–Kier alpha value is -1.35. The Morgan fingerprint density at radius 2 is 2.07 bits per heavy atom. The minimum atomic E-state index is -0.523. The zero-order chi connectivity index (χ0) is 10.8. The third-order valence-electron chi connectivity index (χ3n) is 2.41. The van der Waals surface area contributed by atoms with Gasteiger partial charge < -0.3 is 5.32 Å². The minimum Gasteiger partial charge on any atom is -0.342 e. The lowest BCUT2D eigenvalue weighted by atomic mass is 9.96. The Kier molecular flexibility index (Phi) is 2.73. The van der Waals surface area contributed by atoms with Crippen molar-refractivity contribution in [3.63, 3.8) is 0 Å². The molecule has 1 aliphatic heterocycles. The van der Waals surface area contributed by atoms with E-state index in [0.717, 1.165) is 5.56 Å². The Labute approximate surface area is 92.4 Å². The summed E-state index contributed by atoms with van der Waals surface area (Å²) in [6.45, 7) is 0. The van der Waals surface area contributed by atoms with Crippen LogP contribution in [0.5, 0.6) is 0 Å². The Balaban J connectivity index is 2.28. The summed E-state index contributed by atoms with van der Waals surface area (Å²) in [5, 5.41) is 3.23. The van der Waals surface area contributed by atoms with E-state index in [-0.39, 0.29) is 18.1 Å². The van der Waals surface area contributed by atoms with Crippen LogP contribution in [-0.4, -0.2) is 11.7 Å². The summed E-state index contributed by atoms with van der Waals surface area (Å²) in [5.41, 5.74) is 0.751. The molecule has 2 rings (SSSR count). The van der Waals surface area contributed by atoms with Crippen molar-refractivity contribution in [3.8, 4) is 0 Å². The lowest BCUT2D eigenvalue weighted by Gasteiger charge is -2.22. The standard InChI is InChI=1S/C11H10ClNO2/c12-8-3-1-2-7(6-8)11-9(14)4-5-10(15)13-11/h1-3,6,11H,4-5H2,(H,13,15). The predicted molar refractivity (Wildman–Crippen MR) is 56.6 cm³/mol. The molecule has 15 heavy (non-hydrogen) atoms. The minimum absolute atomic E-state index is 0.0388. The molecule has 0 saturated carbocycles. The van der Waals surface area contributed by atoms with Crippen molar-refractivity contribution < 1.29 is 9.59 Å². The zero-order valence-electron chi connectivity index (χ0n) is 8.00. The summed E-state index contributed by atoms with van der Waals surface area (Å²) < 4.78 is 0. The molecule has 0 radical (unpaired) electrons. The maximum absolute atomic E-state index is 11.6. The maximum Gasteiger partial charge on any atom is 0.221 e. The summed E-state index contributed by atoms with van der Waals surface area (Å²) in [6, 6.07) is 6.48. The van der Waals surface area contributed by atoms with Crippen molar-refractivity contribution in [1.82, 2.24) is 5.32 Å². The van der Waals surface area contributed by atoms with Gasteiger partial charge in [0.25, 0.3) is 0 Å². The molecule has 1 unspecified atom stereocenters. The number of nitrogens with one attached hydrogen (secondary N) is 1. The molecule has 1 atom stereocenters. The fraction of sp³-hybridized carbons (Fsp3) is 0.273. The first-order chi connectivity index (χ1) is 7.16. The van der Waals surface area contributed by atoms with Gasteiger partial charge in [0.2, 0.25) is 5.91 Å². The van der Waals surface area contributed by atoms with Gasteiger partial charge in [-0.1, -0.05) is 23.7 Å². The van der Waals surface area contributed by atoms with Crippen LogP contribution >= 0.6 is 11.6 Å². The van der Waals surface area contributed by atoms with Gasteiger partial charge in [-0.05, 0) is 17.7 Å². The lowest BCUT2D eigenvalue weighted by molar-refractivity contribution is -0.132. The number of rotatable bonds is 1. The average Bonchev–Trinajstić information content (AvgIpc) is 2.22. The highest BCUT2D eigenvalue weighted by molar-refractivity contribution is 6.30. The van der Waals surface area contributed by atoms with Gasteiger partial charge in [0.1, 0.15) is 6.04 Å². The lowest BCUT2D eigenvalue weighted by Crippen LogP contribution is -2.38. The van der Waals surface area contributed by atoms with Crippen LogP contribution < -0.4 is 5.32 Å². The van der Waals surface area contributed by atoms with Crippen LogP contribution in [0.4, 0.5) is 0 Å². The van der Waals surface area contributed by atoms with E-state index in [0.29, 0.717) is 11.4 Å². The molecule has 1 aromatic carbocycles. The molecule has 0 bridgehead atoms. The molecule has 1 N–H and O–H groups in total. The number of piperidine rings is 1. The summed E-state index contributed by atoms with van der Waals surface area (Å²) in [4.78, 5) is 22.8. The van der Waals surface area contributed by atoms with Crippen LogP contribution in [0.25, 0.3) is 0 Å². The molecule has 0 spiro atoms. The molecule has 1 fully saturated rings. The molecule has 0 aromatic heterocycles. The van der Waals surface area contributed by atoms with Crippen molar-refractivity contribution in [2.75, 3.05) is 0 Å². The molecule has 4 heteroatoms. The van der Waals surface area contributed by atoms with Gasteiger partial charge in [-0.2, -0.15) is 0 Å². The topological polar surface area (TPSA) is 46.2 Å². The summed E-state index contributed by atoms with van der Waals surface area (Å²) in [6.07, 6.45) is 0.596. The first-order valence-corrected chi connectivity index (χ1v) is 5.12. The molecule has 1 aromatic rings. The van der Waals surface area contributed by atoms with Gasteiger partial charge in [0.15, 0.2) is 5.78 Å². The number of hydrogen-bond donors (Lipinski definition) is 1. The van der Waals surface area contributed by atoms with Crippen molar-refractivity contribution in [2.24, 2.45) is 0 Å². The number of carbonyl (C=O) groups excluding carboxylic acids is 2. The maximum atomic E-state index is 11.6. The summed E-state index contributed by atoms with van der Waals surface area (Å²) in [7, 11) is 0. The van der Waals surface area contributed by atoms with Gasteiger partial charge in [0, 0.05) is 17.9 Å². The van der Waals surface area contributed by atoms with Gasteiger partial charge >= 0.3 is 0 Å². The summed E-state index contributed by atoms with van der Waals surface area (Å²) in [5.74, 6) is -0.0450. The number of hydrogen-bond acceptors (Lipinski definition) is 2. The highest BCUT2D eigenvalue weighted by Crippen LogP contribution is 2.22. The van der Waals surface area contributed by atoms with Crippen LogP contribution in [0.3, 0.4) is 0 Å². The van der Waals surface area contributed by atoms with Gasteiger partial charge in [-0.25, -0.2) is 0 Å². The highest BCUT2D eigenvalue weighted by Gasteiger charge is 2.27. The Morgan fingerprint density at radius 3 is 2.80 bits per heavy atom. The number of halogens is 1. The van der Waals surface area contributed by atoms with E-state index in [1.54, 1.807) is 24.3 Å². The van der Waals surface area contributed by atoms with E-state index in [1.807, 2.05) is 0 Å². The molecule has 1 heterocycles. The van der Waals surface area contributed by atoms with E-state index in [1.165, 1.54) is 0 Å². The Bertz CT molecular complexity index is 417. The monoisotopic (exact) mass is 223 g/mol. The SMILES string of the molecule is O=C1CCC(=O)C(c2cccc(Cl)c2)N1. The molecule has 1 saturated heterocycles. The van der Waals surface area contributed by atoms with Crippen LogP contribution in [0.2, 0.25) is 5.02 Å². The summed E-state index contributed by atoms with van der Waals surface area (Å²) >= 11 is 5.82. The number of Topliss-reactive ketones (excluding diaryl/α,β-unsaturated/α-hetero) is 1. The largest absolute Gasteiger partial charge is 0.342 e. The second-order valence-corrected chi connectivity index (χ2v) is 3.96. The third kappa shape index (κ3) is 2.18. The van der Waals surface area contributed by atoms with E-state index in [9.17, 15) is 9.59 Å². The number of benzene rings is 1. The van der Waals surface area contributed by atoms with Gasteiger partial charge in [-0.15, -0.1) is 0 Å². The van der Waals surface area contributed by atoms with E-state index < -0.39 is 6.04 Å². The van der Waals surface area contributed by atoms with Crippen LogP contribution in [-0.2, 0) is 9.59 Å². The molecular formula is C11H10ClNO2. The van der Waals surface area contributed by atoms with Crippen molar-refractivity contribution in [3.05, 3.63) is 34.9 Å². The second-order valence-electron chi connectivity index (χ2n) is 3.52. The quantitative estimate of drug-likeness (QED) is 0.790. The highest BCUT2D eigenvalue weighted by atomic mass is 35.5. The number of ketones is 1. The average molecular weight is 224 g/mol. The molecule has 3 nitrogen and oxygen atoms in total. The molecular weight excluding hydrogens is 214 g/mol. The van der Waals surface area contributed by atoms with Crippen molar-refractivity contribution in [1.29, 1.82) is 0 Å². The van der Waals surface area contributed by atoms with Crippen molar-refractivity contribution in [2.45, 2.75) is 18.9 Å². The fourth-order valence-electron chi connectivity index (χ4n) is 1.65. The molecule has 78 valence electrons. The second kappa shape index (κ2) is 4.03. The van der Waals surface area contributed by atoms with Gasteiger partial charge in [-0.3, -0.25) is 9.59 Å².